The van der Waals surface area contributed by atoms with Crippen LogP contribution in [0.1, 0.15) is 23.2 Å². The van der Waals surface area contributed by atoms with Gasteiger partial charge in [0.05, 0.1) is 28.4 Å². The zero-order chi connectivity index (χ0) is 17.4. The fourth-order valence-electron chi connectivity index (χ4n) is 2.05. The third kappa shape index (κ3) is 4.70. The number of esters is 2. The predicted molar refractivity (Wildman–Crippen MR) is 80.6 cm³/mol. The van der Waals surface area contributed by atoms with E-state index in [2.05, 4.69) is 9.47 Å². The minimum Gasteiger partial charge on any atom is -0.493 e. The second-order valence-corrected chi connectivity index (χ2v) is 4.63. The van der Waals surface area contributed by atoms with E-state index in [-0.39, 0.29) is 18.6 Å². The molecule has 0 aromatic heterocycles. The van der Waals surface area contributed by atoms with Crippen molar-refractivity contribution in [1.82, 2.24) is 0 Å². The van der Waals surface area contributed by atoms with Gasteiger partial charge in [-0.2, -0.15) is 0 Å². The lowest BCUT2D eigenvalue weighted by atomic mass is 9.98. The Morgan fingerprint density at radius 1 is 0.913 bits per heavy atom. The maximum atomic E-state index is 12.2. The van der Waals surface area contributed by atoms with E-state index in [9.17, 15) is 14.4 Å². The van der Waals surface area contributed by atoms with Gasteiger partial charge in [-0.3, -0.25) is 14.4 Å². The monoisotopic (exact) mass is 324 g/mol. The molecule has 0 aliphatic heterocycles. The number of carbonyl (C=O) groups is 3. The lowest BCUT2D eigenvalue weighted by molar-refractivity contribution is -0.158. The number of hydrogen-bond donors (Lipinski definition) is 0. The van der Waals surface area contributed by atoms with Crippen molar-refractivity contribution in [2.45, 2.75) is 12.8 Å². The highest BCUT2D eigenvalue weighted by Gasteiger charge is 2.29. The molecule has 0 atom stereocenters. The van der Waals surface area contributed by atoms with Crippen LogP contribution >= 0.6 is 0 Å². The van der Waals surface area contributed by atoms with Crippen LogP contribution < -0.4 is 9.47 Å². The third-order valence-corrected chi connectivity index (χ3v) is 3.34. The molecule has 1 rings (SSSR count). The maximum Gasteiger partial charge on any atom is 0.320 e. The van der Waals surface area contributed by atoms with Crippen LogP contribution in [0.25, 0.3) is 0 Å². The average Bonchev–Trinajstić information content (AvgIpc) is 2.60. The van der Waals surface area contributed by atoms with Crippen molar-refractivity contribution in [1.29, 1.82) is 0 Å². The van der Waals surface area contributed by atoms with Gasteiger partial charge in [-0.1, -0.05) is 0 Å². The van der Waals surface area contributed by atoms with Gasteiger partial charge in [-0.05, 0) is 24.6 Å². The van der Waals surface area contributed by atoms with Crippen LogP contribution in [0, 0.1) is 5.92 Å². The first-order valence-corrected chi connectivity index (χ1v) is 6.89. The summed E-state index contributed by atoms with van der Waals surface area (Å²) in [6.07, 6.45) is -0.00310. The molecule has 7 heteroatoms. The molecule has 0 aliphatic carbocycles. The van der Waals surface area contributed by atoms with E-state index in [1.165, 1.54) is 28.4 Å². The molecule has 1 aromatic rings. The summed E-state index contributed by atoms with van der Waals surface area (Å²) in [4.78, 5) is 35.4. The normalized spacial score (nSPS) is 10.1. The summed E-state index contributed by atoms with van der Waals surface area (Å²) in [7, 11) is 5.32. The van der Waals surface area contributed by atoms with E-state index >= 15 is 0 Å². The van der Waals surface area contributed by atoms with Crippen LogP contribution in [-0.2, 0) is 19.1 Å². The Hall–Kier alpha value is -2.57. The van der Waals surface area contributed by atoms with Gasteiger partial charge in [-0.25, -0.2) is 0 Å². The van der Waals surface area contributed by atoms with Crippen molar-refractivity contribution in [2.24, 2.45) is 5.92 Å². The molecule has 0 saturated heterocycles. The number of Topliss-reactive ketones (excluding diaryl/α,β-unsaturated/α-hetero) is 1. The molecular formula is C16H20O7. The van der Waals surface area contributed by atoms with Crippen LogP contribution in [0.15, 0.2) is 18.2 Å². The van der Waals surface area contributed by atoms with Gasteiger partial charge < -0.3 is 18.9 Å². The minimum atomic E-state index is -1.12. The first kappa shape index (κ1) is 18.5. The summed E-state index contributed by atoms with van der Waals surface area (Å²) in [5, 5.41) is 0. The van der Waals surface area contributed by atoms with Gasteiger partial charge in [0.25, 0.3) is 0 Å². The number of benzene rings is 1. The van der Waals surface area contributed by atoms with Crippen molar-refractivity contribution in [3.63, 3.8) is 0 Å². The number of rotatable bonds is 8. The van der Waals surface area contributed by atoms with Gasteiger partial charge in [0.2, 0.25) is 0 Å². The van der Waals surface area contributed by atoms with E-state index in [1.807, 2.05) is 0 Å². The highest BCUT2D eigenvalue weighted by atomic mass is 16.5. The molecule has 0 saturated carbocycles. The van der Waals surface area contributed by atoms with Crippen molar-refractivity contribution < 1.29 is 33.3 Å². The molecule has 126 valence electrons. The molecule has 23 heavy (non-hydrogen) atoms. The van der Waals surface area contributed by atoms with Gasteiger partial charge in [0, 0.05) is 12.0 Å². The highest BCUT2D eigenvalue weighted by molar-refractivity contribution is 5.99. The van der Waals surface area contributed by atoms with E-state index in [0.29, 0.717) is 17.1 Å². The smallest absolute Gasteiger partial charge is 0.320 e. The Morgan fingerprint density at radius 2 is 1.48 bits per heavy atom. The molecule has 0 spiro atoms. The largest absolute Gasteiger partial charge is 0.493 e. The minimum absolute atomic E-state index is 0.00647. The lowest BCUT2D eigenvalue weighted by Gasteiger charge is -2.12. The molecule has 0 N–H and O–H groups in total. The van der Waals surface area contributed by atoms with Crippen LogP contribution in [0.5, 0.6) is 11.5 Å². The van der Waals surface area contributed by atoms with Gasteiger partial charge >= 0.3 is 11.9 Å². The Kier molecular flexibility index (Phi) is 7.05. The van der Waals surface area contributed by atoms with Gasteiger partial charge in [0.15, 0.2) is 23.2 Å². The topological polar surface area (TPSA) is 88.1 Å². The number of carbonyl (C=O) groups excluding carboxylic acids is 3. The van der Waals surface area contributed by atoms with Crippen molar-refractivity contribution in [3.05, 3.63) is 23.8 Å². The number of ether oxygens (including phenoxy) is 4. The predicted octanol–water partition coefficient (Wildman–Crippen LogP) is 1.63. The maximum absolute atomic E-state index is 12.2. The lowest BCUT2D eigenvalue weighted by Crippen LogP contribution is -2.27. The van der Waals surface area contributed by atoms with Crippen LogP contribution in [0.4, 0.5) is 0 Å². The molecule has 0 radical (unpaired) electrons. The molecule has 1 aromatic carbocycles. The Labute approximate surface area is 134 Å². The van der Waals surface area contributed by atoms with E-state index in [4.69, 9.17) is 9.47 Å². The number of hydrogen-bond acceptors (Lipinski definition) is 7. The molecule has 0 bridgehead atoms. The summed E-state index contributed by atoms with van der Waals surface area (Å²) < 4.78 is 19.3. The zero-order valence-corrected chi connectivity index (χ0v) is 13.6. The van der Waals surface area contributed by atoms with Crippen molar-refractivity contribution in [3.8, 4) is 11.5 Å². The highest BCUT2D eigenvalue weighted by Crippen LogP contribution is 2.28. The number of methoxy groups -OCH3 is 4. The SMILES string of the molecule is COC(=O)C(CCC(=O)c1ccc(OC)c(OC)c1)C(=O)OC. The summed E-state index contributed by atoms with van der Waals surface area (Å²) in [5.41, 5.74) is 0.399. The molecule has 0 aliphatic rings. The molecule has 0 unspecified atom stereocenters. The fourth-order valence-corrected chi connectivity index (χ4v) is 2.05. The summed E-state index contributed by atoms with van der Waals surface area (Å²) in [6.45, 7) is 0. The zero-order valence-electron chi connectivity index (χ0n) is 13.6. The van der Waals surface area contributed by atoms with Crippen LogP contribution in [0.3, 0.4) is 0 Å². The molecular weight excluding hydrogens is 304 g/mol. The van der Waals surface area contributed by atoms with Crippen molar-refractivity contribution >= 4 is 17.7 Å². The van der Waals surface area contributed by atoms with Crippen molar-refractivity contribution in [2.75, 3.05) is 28.4 Å². The van der Waals surface area contributed by atoms with Gasteiger partial charge in [-0.15, -0.1) is 0 Å². The fraction of sp³-hybridized carbons (Fsp3) is 0.438. The van der Waals surface area contributed by atoms with Crippen LogP contribution in [-0.4, -0.2) is 46.2 Å². The number of ketones is 1. The second-order valence-electron chi connectivity index (χ2n) is 4.63. The Balaban J connectivity index is 2.82. The van der Waals surface area contributed by atoms with Crippen LogP contribution in [0.2, 0.25) is 0 Å². The second kappa shape index (κ2) is 8.77. The van der Waals surface area contributed by atoms with E-state index in [0.717, 1.165) is 0 Å². The first-order chi connectivity index (χ1) is 11.0. The molecule has 0 amide bonds. The molecule has 7 nitrogen and oxygen atoms in total. The standard InChI is InChI=1S/C16H20O7/c1-20-13-8-5-10(9-14(13)21-2)12(17)7-6-11(15(18)22-3)16(19)23-4/h5,8-9,11H,6-7H2,1-4H3. The van der Waals surface area contributed by atoms with E-state index < -0.39 is 17.9 Å². The molecule has 0 heterocycles. The summed E-state index contributed by atoms with van der Waals surface area (Å²) in [6, 6.07) is 4.76. The van der Waals surface area contributed by atoms with Gasteiger partial charge in [0.1, 0.15) is 0 Å². The first-order valence-electron chi connectivity index (χ1n) is 6.89. The van der Waals surface area contributed by atoms with E-state index in [1.54, 1.807) is 18.2 Å². The Morgan fingerprint density at radius 3 is 1.96 bits per heavy atom. The molecule has 0 fully saturated rings. The summed E-state index contributed by atoms with van der Waals surface area (Å²) >= 11 is 0. The Bertz CT molecular complexity index is 564. The quantitative estimate of drug-likeness (QED) is 0.408. The average molecular weight is 324 g/mol. The third-order valence-electron chi connectivity index (χ3n) is 3.34. The summed E-state index contributed by atoms with van der Waals surface area (Å²) in [5.74, 6) is -1.87.